The summed E-state index contributed by atoms with van der Waals surface area (Å²) in [6.07, 6.45) is -2.18. The number of hydrogen-bond donors (Lipinski definition) is 4. The maximum absolute atomic E-state index is 13.1. The summed E-state index contributed by atoms with van der Waals surface area (Å²) in [7, 11) is -3.82. The lowest BCUT2D eigenvalue weighted by atomic mass is 10.2. The Morgan fingerprint density at radius 1 is 0.496 bits per heavy atom. The Hall–Kier alpha value is -13.0. The number of carbonyl (C=O) groups excluding carboxylic acids is 4. The van der Waals surface area contributed by atoms with Crippen LogP contribution in [-0.4, -0.2) is 147 Å². The minimum absolute atomic E-state index is 0.00654. The number of alkyl halides is 12. The van der Waals surface area contributed by atoms with Gasteiger partial charge in [-0.05, 0) is 131 Å². The SMILES string of the molecule is Cc1nc(C(F)(F)F)cn1C(CCO)C(=O)Nc1cnn(-c2ccc(F)cc2)c1.Cc1nc(C(F)(F)F)cn1C(CCOS(C)(=O)=O)C(=O)Nc1cnn(-c2ccc(F)cc2)c1.Cc1nc(C(F)(F)F)cn1C1CCN(c2cnn(-c3ccc(F)cc3)c2)C1=O.Cc1nc(C(F)(F)F)cn1C1CCOC1=O.Nc1cnn(-c2ccc(F)cc2)c1. The number of aliphatic hydroxyl groups is 1. The molecule has 4 atom stereocenters. The highest BCUT2D eigenvalue weighted by molar-refractivity contribution is 7.86. The van der Waals surface area contributed by atoms with Crippen molar-refractivity contribution in [1.82, 2.24) is 77.3 Å². The number of nitrogens with two attached hydrogens (primary N) is 1. The van der Waals surface area contributed by atoms with Gasteiger partial charge in [-0.25, -0.2) is 61.0 Å². The molecule has 0 bridgehead atoms. The predicted molar refractivity (Wildman–Crippen MR) is 389 cm³/mol. The summed E-state index contributed by atoms with van der Waals surface area (Å²) in [5.74, 6) is -3.48. The number of imidazole rings is 4. The summed E-state index contributed by atoms with van der Waals surface area (Å²) in [6, 6.07) is 18.8. The van der Waals surface area contributed by atoms with Crippen LogP contribution in [0.1, 0.15) is 95.9 Å². The highest BCUT2D eigenvalue weighted by Crippen LogP contribution is 2.37. The molecule has 14 rings (SSSR count). The van der Waals surface area contributed by atoms with Gasteiger partial charge in [0, 0.05) is 57.2 Å². The Kier molecular flexibility index (Phi) is 27.2. The molecule has 0 aliphatic carbocycles. The molecule has 8 aromatic heterocycles. The molecule has 2 fully saturated rings. The molecular formula is C73H68F16N20O9S. The van der Waals surface area contributed by atoms with Crippen LogP contribution >= 0.6 is 0 Å². The second kappa shape index (κ2) is 36.7. The van der Waals surface area contributed by atoms with Gasteiger partial charge in [0.05, 0.1) is 115 Å². The van der Waals surface area contributed by atoms with Crippen LogP contribution in [0.5, 0.6) is 0 Å². The number of benzene rings is 4. The molecule has 2 aliphatic rings. The Morgan fingerprint density at radius 2 is 0.857 bits per heavy atom. The number of anilines is 4. The number of aryl methyl sites for hydroxylation is 4. The third-order valence-corrected chi connectivity index (χ3v) is 18.1. The molecule has 4 aromatic carbocycles. The van der Waals surface area contributed by atoms with Crippen LogP contribution < -0.4 is 21.3 Å². The van der Waals surface area contributed by atoms with E-state index in [1.54, 1.807) is 47.5 Å². The Morgan fingerprint density at radius 3 is 1.21 bits per heavy atom. The minimum atomic E-state index is -4.73. The lowest BCUT2D eigenvalue weighted by molar-refractivity contribution is -0.142. The van der Waals surface area contributed by atoms with E-state index in [-0.39, 0.29) is 71.7 Å². The average molecular weight is 1710 g/mol. The van der Waals surface area contributed by atoms with Crippen molar-refractivity contribution in [2.45, 2.75) is 102 Å². The first-order valence-corrected chi connectivity index (χ1v) is 36.8. The molecule has 2 saturated heterocycles. The number of nitrogen functional groups attached to an aromatic ring is 1. The van der Waals surface area contributed by atoms with Crippen molar-refractivity contribution >= 4 is 56.6 Å². The number of aliphatic hydroxyl groups excluding tert-OH is 1. The lowest BCUT2D eigenvalue weighted by Crippen LogP contribution is -2.28. The number of aromatic nitrogens is 16. The van der Waals surface area contributed by atoms with Crippen molar-refractivity contribution in [2.75, 3.05) is 53.9 Å². The maximum Gasteiger partial charge on any atom is 0.434 e. The molecule has 0 radical (unpaired) electrons. The molecule has 5 N–H and O–H groups in total. The first-order valence-electron chi connectivity index (χ1n) is 34.9. The minimum Gasteiger partial charge on any atom is -0.464 e. The number of hydrogen-bond acceptors (Lipinski definition) is 18. The van der Waals surface area contributed by atoms with Crippen LogP contribution in [0.2, 0.25) is 0 Å². The van der Waals surface area contributed by atoms with Crippen molar-refractivity contribution in [3.63, 3.8) is 0 Å². The number of halogens is 16. The van der Waals surface area contributed by atoms with Gasteiger partial charge in [0.25, 0.3) is 10.1 Å². The standard InChI is InChI=1S/C19H19F4N5O4S.C18H17F4N5O2.C18H15F4N5O.C9H9F3N2O2.C9H8FN3/c1-12-25-17(19(21,22)23)11-27(12)16(7-8-32-33(2,30)31)18(29)26-14-9-24-28(10-14)15-5-3-13(20)4-6-15;1-11-24-16(18(20,21)22)10-26(11)15(6-7-28)17(29)25-13-8-23-27(9-13)14-4-2-12(19)3-5-14;1-11-24-16(18(20,21)22)10-26(11)15-6-7-25(17(15)28)14-8-23-27(9-14)13-4-2-12(19)3-5-13;1-5-13-7(9(10,11)12)4-14(5)6-2-3-16-8(6)15;10-7-1-3-9(4-2-7)13-6-8(11)5-12-13/h3-6,9-11,16H,7-8H2,1-2H3,(H,26,29);2-5,8-10,15,28H,6-7H2,1H3,(H,25,29);2-5,8-10,15H,6-7H2,1H3;4,6H,2-3H2,1H3;1-6H,11H2. The fourth-order valence-electron chi connectivity index (χ4n) is 11.9. The Balaban J connectivity index is 0.000000162. The van der Waals surface area contributed by atoms with Crippen LogP contribution in [0.3, 0.4) is 0 Å². The van der Waals surface area contributed by atoms with Gasteiger partial charge in [0.1, 0.15) is 70.7 Å². The average Bonchev–Trinajstić information content (AvgIpc) is 1.63. The number of nitrogens with zero attached hydrogens (tertiary/aromatic N) is 17. The second-order valence-electron chi connectivity index (χ2n) is 26.0. The number of nitrogens with one attached hydrogen (secondary N) is 2. The van der Waals surface area contributed by atoms with E-state index < -0.39 is 124 Å². The molecule has 3 amide bonds. The van der Waals surface area contributed by atoms with Gasteiger partial charge in [-0.1, -0.05) is 0 Å². The molecule has 10 heterocycles. The zero-order valence-corrected chi connectivity index (χ0v) is 63.3. The van der Waals surface area contributed by atoms with Gasteiger partial charge in [-0.15, -0.1) is 0 Å². The number of ether oxygens (including phenoxy) is 1. The molecule has 4 unspecified atom stereocenters. The van der Waals surface area contributed by atoms with Crippen molar-refractivity contribution < 1.29 is 112 Å². The third-order valence-electron chi connectivity index (χ3n) is 17.5. The fraction of sp³-hybridized carbons (Fsp3) is 0.288. The molecule has 119 heavy (non-hydrogen) atoms. The van der Waals surface area contributed by atoms with Gasteiger partial charge in [0.15, 0.2) is 22.8 Å². The maximum atomic E-state index is 13.1. The van der Waals surface area contributed by atoms with Crippen LogP contribution in [-0.2, 0) is 62.9 Å². The van der Waals surface area contributed by atoms with Crippen molar-refractivity contribution in [3.8, 4) is 22.7 Å². The molecule has 46 heteroatoms. The smallest absolute Gasteiger partial charge is 0.434 e. The quantitative estimate of drug-likeness (QED) is 0.0332. The summed E-state index contributed by atoms with van der Waals surface area (Å²) in [4.78, 5) is 65.0. The van der Waals surface area contributed by atoms with E-state index in [0.29, 0.717) is 54.0 Å². The molecule has 29 nitrogen and oxygen atoms in total. The van der Waals surface area contributed by atoms with Gasteiger partial charge in [-0.2, -0.15) is 81.5 Å². The Labute approximate surface area is 663 Å². The van der Waals surface area contributed by atoms with E-state index in [1.807, 2.05) is 0 Å². The summed E-state index contributed by atoms with van der Waals surface area (Å²) in [5, 5.41) is 30.6. The summed E-state index contributed by atoms with van der Waals surface area (Å²) in [6.45, 7) is 5.24. The molecule has 12 aromatic rings. The van der Waals surface area contributed by atoms with Crippen molar-refractivity contribution in [3.05, 3.63) is 241 Å². The van der Waals surface area contributed by atoms with Crippen LogP contribution in [0, 0.1) is 51.0 Å². The van der Waals surface area contributed by atoms with E-state index >= 15 is 0 Å². The predicted octanol–water partition coefficient (Wildman–Crippen LogP) is 13.0. The summed E-state index contributed by atoms with van der Waals surface area (Å²) in [5.41, 5.74) is 5.27. The number of carbonyl (C=O) groups is 4. The molecule has 2 aliphatic heterocycles. The van der Waals surface area contributed by atoms with Crippen molar-refractivity contribution in [2.24, 2.45) is 0 Å². The lowest BCUT2D eigenvalue weighted by Gasteiger charge is -2.19. The second-order valence-corrected chi connectivity index (χ2v) is 27.7. The number of cyclic esters (lactones) is 1. The molecular weight excluding hydrogens is 1640 g/mol. The number of esters is 1. The molecule has 632 valence electrons. The summed E-state index contributed by atoms with van der Waals surface area (Å²) < 4.78 is 248. The van der Waals surface area contributed by atoms with E-state index in [4.69, 9.17) is 10.5 Å². The van der Waals surface area contributed by atoms with Crippen molar-refractivity contribution in [1.29, 1.82) is 0 Å². The first-order chi connectivity index (χ1) is 55.9. The van der Waals surface area contributed by atoms with E-state index in [1.165, 1.54) is 160 Å². The first kappa shape index (κ1) is 88.4. The van der Waals surface area contributed by atoms with Gasteiger partial charge in [-0.3, -0.25) is 18.6 Å². The molecule has 0 saturated carbocycles. The normalized spacial score (nSPS) is 14.9. The molecule has 0 spiro atoms. The van der Waals surface area contributed by atoms with E-state index in [9.17, 15) is 103 Å². The fourth-order valence-corrected chi connectivity index (χ4v) is 12.3. The van der Waals surface area contributed by atoms with Crippen LogP contribution in [0.25, 0.3) is 22.7 Å². The monoisotopic (exact) mass is 1700 g/mol. The zero-order chi connectivity index (χ0) is 86.8. The largest absolute Gasteiger partial charge is 0.464 e. The number of amides is 3. The van der Waals surface area contributed by atoms with E-state index in [2.05, 4.69) is 55.1 Å². The third kappa shape index (κ3) is 23.0. The highest BCUT2D eigenvalue weighted by atomic mass is 32.2. The van der Waals surface area contributed by atoms with Crippen LogP contribution in [0.15, 0.2) is 171 Å². The van der Waals surface area contributed by atoms with Gasteiger partial charge >= 0.3 is 30.7 Å². The number of rotatable bonds is 19. The highest BCUT2D eigenvalue weighted by Gasteiger charge is 2.42. The topological polar surface area (TPSA) is 337 Å². The summed E-state index contributed by atoms with van der Waals surface area (Å²) >= 11 is 0. The van der Waals surface area contributed by atoms with Gasteiger partial charge in [0.2, 0.25) is 17.7 Å². The van der Waals surface area contributed by atoms with Crippen LogP contribution in [0.4, 0.5) is 93.0 Å². The van der Waals surface area contributed by atoms with Gasteiger partial charge < -0.3 is 49.4 Å². The van der Waals surface area contributed by atoms with E-state index in [0.717, 1.165) is 39.7 Å². The zero-order valence-electron chi connectivity index (χ0n) is 62.5. The Bertz CT molecular complexity index is 5610.